The van der Waals surface area contributed by atoms with Crippen LogP contribution >= 0.6 is 0 Å². The van der Waals surface area contributed by atoms with Crippen molar-refractivity contribution in [1.29, 1.82) is 0 Å². The summed E-state index contributed by atoms with van der Waals surface area (Å²) >= 11 is 0. The summed E-state index contributed by atoms with van der Waals surface area (Å²) in [5.41, 5.74) is 0.278. The van der Waals surface area contributed by atoms with Gasteiger partial charge in [0.15, 0.2) is 5.65 Å². The molecule has 0 spiro atoms. The molecule has 3 rings (SSSR count). The number of aryl methyl sites for hydroxylation is 1. The molecule has 2 aromatic heterocycles. The number of nitrogens with zero attached hydrogens (tertiary/aromatic N) is 3. The van der Waals surface area contributed by atoms with Gasteiger partial charge >= 0.3 is 5.69 Å². The summed E-state index contributed by atoms with van der Waals surface area (Å²) < 4.78 is 2.89. The summed E-state index contributed by atoms with van der Waals surface area (Å²) in [6.07, 6.45) is 3.47. The highest BCUT2D eigenvalue weighted by Gasteiger charge is 2.28. The zero-order valence-electron chi connectivity index (χ0n) is 13.7. The molecule has 1 aliphatic rings. The van der Waals surface area contributed by atoms with Crippen LogP contribution in [0.2, 0.25) is 0 Å². The molecule has 0 amide bonds. The predicted molar refractivity (Wildman–Crippen MR) is 87.8 cm³/mol. The van der Waals surface area contributed by atoms with E-state index in [0.717, 1.165) is 25.7 Å². The number of H-pyrrole nitrogens is 1. The van der Waals surface area contributed by atoms with Crippen molar-refractivity contribution in [2.45, 2.75) is 71.1 Å². The first-order chi connectivity index (χ1) is 11.1. The standard InChI is InChI=1S/C16H24N4O3/c1-3-7-19-14-12(15(22)20(8-4-2)16(19)23)17-13(18-14)10-5-6-11(21)9-10/h10-11,21H,3-9H2,1-2H3,(H,17,18)/t10-,11+/m1/s1. The maximum atomic E-state index is 12.6. The van der Waals surface area contributed by atoms with Crippen LogP contribution in [0.3, 0.4) is 0 Å². The van der Waals surface area contributed by atoms with Gasteiger partial charge in [0.2, 0.25) is 0 Å². The van der Waals surface area contributed by atoms with Gasteiger partial charge in [-0.05, 0) is 32.1 Å². The summed E-state index contributed by atoms with van der Waals surface area (Å²) in [7, 11) is 0. The van der Waals surface area contributed by atoms with Crippen LogP contribution in [0.5, 0.6) is 0 Å². The quantitative estimate of drug-likeness (QED) is 0.869. The van der Waals surface area contributed by atoms with E-state index in [1.165, 1.54) is 4.57 Å². The molecule has 7 heteroatoms. The Morgan fingerprint density at radius 2 is 1.87 bits per heavy atom. The molecule has 0 saturated heterocycles. The Morgan fingerprint density at radius 1 is 1.17 bits per heavy atom. The second-order valence-electron chi connectivity index (χ2n) is 6.38. The Labute approximate surface area is 134 Å². The van der Waals surface area contributed by atoms with Crippen LogP contribution in [0.1, 0.15) is 57.7 Å². The van der Waals surface area contributed by atoms with Crippen molar-refractivity contribution >= 4 is 11.2 Å². The van der Waals surface area contributed by atoms with Gasteiger partial charge in [0.25, 0.3) is 5.56 Å². The lowest BCUT2D eigenvalue weighted by atomic mass is 10.1. The van der Waals surface area contributed by atoms with Crippen molar-refractivity contribution < 1.29 is 5.11 Å². The second kappa shape index (κ2) is 6.31. The van der Waals surface area contributed by atoms with Crippen LogP contribution in [0.4, 0.5) is 0 Å². The number of aromatic nitrogens is 4. The zero-order valence-corrected chi connectivity index (χ0v) is 13.7. The Bertz CT molecular complexity index is 817. The third-order valence-corrected chi connectivity index (χ3v) is 4.57. The van der Waals surface area contributed by atoms with Gasteiger partial charge in [-0.3, -0.25) is 13.9 Å². The van der Waals surface area contributed by atoms with Gasteiger partial charge in [-0.2, -0.15) is 0 Å². The molecule has 0 unspecified atom stereocenters. The fourth-order valence-corrected chi connectivity index (χ4v) is 3.43. The Hall–Kier alpha value is -1.89. The number of hydrogen-bond donors (Lipinski definition) is 2. The first kappa shape index (κ1) is 16.0. The van der Waals surface area contributed by atoms with Gasteiger partial charge in [-0.1, -0.05) is 13.8 Å². The summed E-state index contributed by atoms with van der Waals surface area (Å²) in [5.74, 6) is 0.841. The van der Waals surface area contributed by atoms with Crippen LogP contribution in [0.15, 0.2) is 9.59 Å². The van der Waals surface area contributed by atoms with Crippen molar-refractivity contribution in [3.8, 4) is 0 Å². The van der Waals surface area contributed by atoms with E-state index in [1.807, 2.05) is 13.8 Å². The molecule has 0 aromatic carbocycles. The minimum atomic E-state index is -0.303. The van der Waals surface area contributed by atoms with Crippen molar-refractivity contribution in [1.82, 2.24) is 19.1 Å². The van der Waals surface area contributed by atoms with Crippen LogP contribution in [0.25, 0.3) is 11.2 Å². The minimum Gasteiger partial charge on any atom is -0.393 e. The molecule has 126 valence electrons. The number of rotatable bonds is 5. The molecule has 0 bridgehead atoms. The van der Waals surface area contributed by atoms with E-state index >= 15 is 0 Å². The van der Waals surface area contributed by atoms with Crippen molar-refractivity contribution in [2.75, 3.05) is 0 Å². The fraction of sp³-hybridized carbons (Fsp3) is 0.688. The molecular weight excluding hydrogens is 296 g/mol. The smallest absolute Gasteiger partial charge is 0.332 e. The molecule has 1 fully saturated rings. The monoisotopic (exact) mass is 320 g/mol. The lowest BCUT2D eigenvalue weighted by Crippen LogP contribution is -2.40. The van der Waals surface area contributed by atoms with Gasteiger partial charge in [-0.15, -0.1) is 0 Å². The number of aliphatic hydroxyl groups is 1. The van der Waals surface area contributed by atoms with Gasteiger partial charge in [0, 0.05) is 19.0 Å². The fourth-order valence-electron chi connectivity index (χ4n) is 3.43. The molecule has 1 aliphatic carbocycles. The van der Waals surface area contributed by atoms with Gasteiger partial charge in [-0.25, -0.2) is 9.78 Å². The molecule has 1 saturated carbocycles. The van der Waals surface area contributed by atoms with Crippen molar-refractivity contribution in [3.05, 3.63) is 26.7 Å². The normalized spacial score (nSPS) is 21.3. The number of fused-ring (bicyclic) bond motifs is 1. The van der Waals surface area contributed by atoms with E-state index in [-0.39, 0.29) is 23.3 Å². The summed E-state index contributed by atoms with van der Waals surface area (Å²) in [5, 5.41) is 9.72. The highest BCUT2D eigenvalue weighted by atomic mass is 16.3. The van der Waals surface area contributed by atoms with E-state index in [2.05, 4.69) is 9.97 Å². The van der Waals surface area contributed by atoms with E-state index in [9.17, 15) is 14.7 Å². The topological polar surface area (TPSA) is 92.9 Å². The van der Waals surface area contributed by atoms with Gasteiger partial charge in [0.05, 0.1) is 6.10 Å². The molecule has 2 N–H and O–H groups in total. The summed E-state index contributed by atoms with van der Waals surface area (Å²) in [4.78, 5) is 32.9. The number of aliphatic hydroxyl groups excluding tert-OH is 1. The van der Waals surface area contributed by atoms with Crippen LogP contribution in [-0.2, 0) is 13.1 Å². The first-order valence-electron chi connectivity index (χ1n) is 8.48. The highest BCUT2D eigenvalue weighted by Crippen LogP contribution is 2.33. The average Bonchev–Trinajstić information content (AvgIpc) is 3.14. The molecule has 23 heavy (non-hydrogen) atoms. The van der Waals surface area contributed by atoms with E-state index in [0.29, 0.717) is 36.5 Å². The number of aromatic amines is 1. The van der Waals surface area contributed by atoms with E-state index in [4.69, 9.17) is 0 Å². The van der Waals surface area contributed by atoms with Crippen LogP contribution in [0, 0.1) is 0 Å². The van der Waals surface area contributed by atoms with Crippen molar-refractivity contribution in [2.24, 2.45) is 0 Å². The maximum absolute atomic E-state index is 12.6. The Morgan fingerprint density at radius 3 is 2.48 bits per heavy atom. The number of hydrogen-bond acceptors (Lipinski definition) is 4. The zero-order chi connectivity index (χ0) is 16.6. The third-order valence-electron chi connectivity index (χ3n) is 4.57. The van der Waals surface area contributed by atoms with E-state index < -0.39 is 0 Å². The first-order valence-corrected chi connectivity index (χ1v) is 8.48. The highest BCUT2D eigenvalue weighted by molar-refractivity contribution is 5.70. The summed E-state index contributed by atoms with van der Waals surface area (Å²) in [6.45, 7) is 4.89. The maximum Gasteiger partial charge on any atom is 0.332 e. The second-order valence-corrected chi connectivity index (χ2v) is 6.38. The lowest BCUT2D eigenvalue weighted by Gasteiger charge is -2.09. The summed E-state index contributed by atoms with van der Waals surface area (Å²) in [6, 6.07) is 0. The molecule has 2 aromatic rings. The number of nitrogens with one attached hydrogen (secondary N) is 1. The predicted octanol–water partition coefficient (Wildman–Crippen LogP) is 1.33. The van der Waals surface area contributed by atoms with E-state index in [1.54, 1.807) is 4.57 Å². The molecule has 0 aliphatic heterocycles. The molecule has 7 nitrogen and oxygen atoms in total. The SMILES string of the molecule is CCCn1c(=O)c2[nH]c([C@@H]3CC[C@H](O)C3)nc2n(CCC)c1=O. The molecule has 2 atom stereocenters. The number of imidazole rings is 1. The Balaban J connectivity index is 2.19. The lowest BCUT2D eigenvalue weighted by molar-refractivity contribution is 0.181. The average molecular weight is 320 g/mol. The molecule has 0 radical (unpaired) electrons. The van der Waals surface area contributed by atoms with Crippen LogP contribution < -0.4 is 11.2 Å². The van der Waals surface area contributed by atoms with Crippen LogP contribution in [-0.4, -0.2) is 30.3 Å². The Kier molecular flexibility index (Phi) is 4.39. The molecule has 2 heterocycles. The largest absolute Gasteiger partial charge is 0.393 e. The van der Waals surface area contributed by atoms with Gasteiger partial charge in [0.1, 0.15) is 11.3 Å². The third kappa shape index (κ3) is 2.73. The van der Waals surface area contributed by atoms with Gasteiger partial charge < -0.3 is 10.1 Å². The van der Waals surface area contributed by atoms with Crippen molar-refractivity contribution in [3.63, 3.8) is 0 Å². The molecular formula is C16H24N4O3. The minimum absolute atomic E-state index is 0.126.